The van der Waals surface area contributed by atoms with E-state index in [1.807, 2.05) is 0 Å². The van der Waals surface area contributed by atoms with Gasteiger partial charge >= 0.3 is 11.8 Å². The number of carbonyl (C=O) groups excluding carboxylic acids is 2. The lowest BCUT2D eigenvalue weighted by molar-refractivity contribution is 0.0634. The number of carbonyl (C=O) groups is 2. The average molecular weight is 322 g/mol. The Kier molecular flexibility index (Phi) is 5.11. The van der Waals surface area contributed by atoms with Gasteiger partial charge in [0, 0.05) is 14.1 Å². The van der Waals surface area contributed by atoms with E-state index in [1.54, 1.807) is 26.8 Å². The van der Waals surface area contributed by atoms with Crippen LogP contribution in [0.15, 0.2) is 9.59 Å². The summed E-state index contributed by atoms with van der Waals surface area (Å²) in [4.78, 5) is 48.1. The summed E-state index contributed by atoms with van der Waals surface area (Å²) >= 11 is 0. The molecule has 0 aliphatic rings. The highest BCUT2D eigenvalue weighted by molar-refractivity contribution is 6.03. The monoisotopic (exact) mass is 322 g/mol. The quantitative estimate of drug-likeness (QED) is 0.810. The number of nitrogens with zero attached hydrogens (tertiary/aromatic N) is 3. The fourth-order valence-corrected chi connectivity index (χ4v) is 1.80. The largest absolute Gasteiger partial charge is 0.444 e. The third kappa shape index (κ3) is 4.06. The maximum Gasteiger partial charge on any atom is 0.413 e. The molecule has 124 valence electrons. The Balaban J connectivity index is 3.49. The Morgan fingerprint density at radius 2 is 1.78 bits per heavy atom. The molecule has 1 N–H and O–H groups in total. The van der Waals surface area contributed by atoms with Crippen LogP contribution in [0.3, 0.4) is 0 Å². The van der Waals surface area contributed by atoms with Gasteiger partial charge in [0.2, 0.25) is 0 Å². The van der Waals surface area contributed by atoms with E-state index < -0.39 is 40.7 Å². The predicted molar refractivity (Wildman–Crippen MR) is 81.3 cm³/mol. The average Bonchev–Trinajstić information content (AvgIpc) is 2.40. The molecule has 0 fully saturated rings. The highest BCUT2D eigenvalue weighted by Crippen LogP contribution is 2.14. The molecule has 0 aromatic carbocycles. The summed E-state index contributed by atoms with van der Waals surface area (Å²) in [5.74, 6) is -1.10. The molecule has 9 heteroatoms. The molecule has 0 spiro atoms. The number of ketones is 1. The number of rotatable bonds is 3. The Bertz CT molecular complexity index is 805. The molecule has 23 heavy (non-hydrogen) atoms. The summed E-state index contributed by atoms with van der Waals surface area (Å²) in [6.07, 6.45) is -1.48. The number of nitrogens with one attached hydrogen (secondary N) is 1. The van der Waals surface area contributed by atoms with Crippen molar-refractivity contribution in [1.29, 1.82) is 5.26 Å². The summed E-state index contributed by atoms with van der Waals surface area (Å²) in [6, 6.07) is 1.64. The molecule has 1 amide bonds. The van der Waals surface area contributed by atoms with Gasteiger partial charge in [-0.1, -0.05) is 0 Å². The van der Waals surface area contributed by atoms with E-state index >= 15 is 0 Å². The Morgan fingerprint density at radius 1 is 1.22 bits per heavy atom. The molecule has 1 heterocycles. The third-order valence-electron chi connectivity index (χ3n) is 2.80. The van der Waals surface area contributed by atoms with Crippen molar-refractivity contribution < 1.29 is 14.3 Å². The number of aromatic nitrogens is 2. The molecule has 0 aliphatic heterocycles. The molecular weight excluding hydrogens is 304 g/mol. The summed E-state index contributed by atoms with van der Waals surface area (Å²) < 4.78 is 6.72. The molecule has 0 aliphatic carbocycles. The molecule has 0 saturated heterocycles. The molecule has 0 bridgehead atoms. The summed E-state index contributed by atoms with van der Waals surface area (Å²) in [7, 11) is 2.49. The minimum absolute atomic E-state index is 0.299. The number of anilines is 1. The van der Waals surface area contributed by atoms with Crippen molar-refractivity contribution in [3.05, 3.63) is 26.4 Å². The van der Waals surface area contributed by atoms with E-state index in [0.29, 0.717) is 0 Å². The Morgan fingerprint density at radius 3 is 2.26 bits per heavy atom. The van der Waals surface area contributed by atoms with Gasteiger partial charge < -0.3 is 4.74 Å². The van der Waals surface area contributed by atoms with E-state index in [4.69, 9.17) is 10.00 Å². The Hall–Kier alpha value is -2.89. The molecule has 0 atom stereocenters. The summed E-state index contributed by atoms with van der Waals surface area (Å²) in [5, 5.41) is 10.9. The molecule has 1 aromatic heterocycles. The van der Waals surface area contributed by atoms with Gasteiger partial charge in [-0.2, -0.15) is 5.26 Å². The van der Waals surface area contributed by atoms with Gasteiger partial charge in [0.25, 0.3) is 5.56 Å². The zero-order valence-corrected chi connectivity index (χ0v) is 13.6. The molecular formula is C14H18N4O5. The van der Waals surface area contributed by atoms with Crippen LogP contribution in [0.5, 0.6) is 0 Å². The first-order chi connectivity index (χ1) is 10.5. The summed E-state index contributed by atoms with van der Waals surface area (Å²) in [6.45, 7) is 4.91. The minimum atomic E-state index is -0.924. The van der Waals surface area contributed by atoms with Gasteiger partial charge in [0.15, 0.2) is 5.78 Å². The van der Waals surface area contributed by atoms with Crippen LogP contribution in [0.2, 0.25) is 0 Å². The molecule has 1 aromatic rings. The van der Waals surface area contributed by atoms with Crippen LogP contribution in [0, 0.1) is 11.3 Å². The lowest BCUT2D eigenvalue weighted by atomic mass is 10.1. The normalized spacial score (nSPS) is 10.8. The predicted octanol–water partition coefficient (Wildman–Crippen LogP) is 0.527. The van der Waals surface area contributed by atoms with Gasteiger partial charge in [0.05, 0.1) is 12.5 Å². The van der Waals surface area contributed by atoms with E-state index in [2.05, 4.69) is 5.32 Å². The van der Waals surface area contributed by atoms with Gasteiger partial charge in [-0.05, 0) is 20.8 Å². The second kappa shape index (κ2) is 6.48. The van der Waals surface area contributed by atoms with Crippen LogP contribution in [0.4, 0.5) is 10.6 Å². The van der Waals surface area contributed by atoms with E-state index in [9.17, 15) is 19.2 Å². The fraction of sp³-hybridized carbons (Fsp3) is 0.500. The van der Waals surface area contributed by atoms with Crippen molar-refractivity contribution in [2.24, 2.45) is 14.1 Å². The van der Waals surface area contributed by atoms with Crippen molar-refractivity contribution in [2.75, 3.05) is 5.32 Å². The standard InChI is InChI=1S/C14H18N4O5/c1-14(2,3)23-12(21)16-10-9(8(19)6-7-15)11(20)18(5)13(22)17(10)4/h6H2,1-5H3,(H,16,21). The molecule has 9 nitrogen and oxygen atoms in total. The zero-order valence-electron chi connectivity index (χ0n) is 13.6. The number of amides is 1. The number of hydrogen-bond acceptors (Lipinski definition) is 6. The number of Topliss-reactive ketones (excluding diaryl/α,β-unsaturated/α-hetero) is 1. The van der Waals surface area contributed by atoms with E-state index in [-0.39, 0.29) is 5.82 Å². The number of nitriles is 1. The van der Waals surface area contributed by atoms with Crippen LogP contribution in [0.1, 0.15) is 37.6 Å². The topological polar surface area (TPSA) is 123 Å². The second-order valence-corrected chi connectivity index (χ2v) is 5.81. The number of ether oxygens (including phenoxy) is 1. The Labute approximate surface area is 132 Å². The fourth-order valence-electron chi connectivity index (χ4n) is 1.80. The van der Waals surface area contributed by atoms with Crippen molar-refractivity contribution >= 4 is 17.7 Å². The second-order valence-electron chi connectivity index (χ2n) is 5.81. The van der Waals surface area contributed by atoms with Crippen molar-refractivity contribution in [3.8, 4) is 6.07 Å². The van der Waals surface area contributed by atoms with Crippen LogP contribution >= 0.6 is 0 Å². The van der Waals surface area contributed by atoms with E-state index in [1.165, 1.54) is 14.1 Å². The highest BCUT2D eigenvalue weighted by Gasteiger charge is 2.25. The van der Waals surface area contributed by atoms with Gasteiger partial charge in [-0.25, -0.2) is 9.59 Å². The van der Waals surface area contributed by atoms with Gasteiger partial charge in [-0.3, -0.25) is 24.0 Å². The first-order valence-electron chi connectivity index (χ1n) is 6.69. The smallest absolute Gasteiger partial charge is 0.413 e. The van der Waals surface area contributed by atoms with Gasteiger partial charge in [-0.15, -0.1) is 0 Å². The lowest BCUT2D eigenvalue weighted by Crippen LogP contribution is -2.42. The zero-order chi connectivity index (χ0) is 17.9. The van der Waals surface area contributed by atoms with Crippen molar-refractivity contribution in [1.82, 2.24) is 9.13 Å². The first kappa shape index (κ1) is 18.2. The molecule has 0 radical (unpaired) electrons. The van der Waals surface area contributed by atoms with Crippen LogP contribution in [-0.4, -0.2) is 26.6 Å². The molecule has 0 saturated carbocycles. The third-order valence-corrected chi connectivity index (χ3v) is 2.80. The van der Waals surface area contributed by atoms with Crippen LogP contribution in [-0.2, 0) is 18.8 Å². The maximum atomic E-state index is 12.2. The minimum Gasteiger partial charge on any atom is -0.444 e. The van der Waals surface area contributed by atoms with Crippen molar-refractivity contribution in [3.63, 3.8) is 0 Å². The van der Waals surface area contributed by atoms with Crippen LogP contribution < -0.4 is 16.6 Å². The first-order valence-corrected chi connectivity index (χ1v) is 6.69. The van der Waals surface area contributed by atoms with E-state index in [0.717, 1.165) is 9.13 Å². The molecule has 1 rings (SSSR count). The van der Waals surface area contributed by atoms with Crippen molar-refractivity contribution in [2.45, 2.75) is 32.8 Å². The highest BCUT2D eigenvalue weighted by atomic mass is 16.6. The molecule has 0 unspecified atom stereocenters. The number of hydrogen-bond donors (Lipinski definition) is 1. The van der Waals surface area contributed by atoms with Gasteiger partial charge in [0.1, 0.15) is 17.0 Å². The van der Waals surface area contributed by atoms with Crippen LogP contribution in [0.25, 0.3) is 0 Å². The SMILES string of the molecule is Cn1c(NC(=O)OC(C)(C)C)c(C(=O)CC#N)c(=O)n(C)c1=O. The maximum absolute atomic E-state index is 12.2. The summed E-state index contributed by atoms with van der Waals surface area (Å²) in [5.41, 5.74) is -2.87. The lowest BCUT2D eigenvalue weighted by Gasteiger charge is -2.21.